The van der Waals surface area contributed by atoms with Crippen LogP contribution in [0.5, 0.6) is 0 Å². The molecule has 0 bridgehead atoms. The van der Waals surface area contributed by atoms with E-state index in [4.69, 9.17) is 10.2 Å². The fourth-order valence-electron chi connectivity index (χ4n) is 2.08. The molecule has 0 spiro atoms. The Kier molecular flexibility index (Phi) is 10.9. The Balaban J connectivity index is 3.56. The Hall–Kier alpha value is -1.32. The number of unbranched alkanes of at least 4 members (excludes halogenated alkanes) is 6. The van der Waals surface area contributed by atoms with Crippen molar-refractivity contribution in [3.8, 4) is 0 Å². The van der Waals surface area contributed by atoms with Gasteiger partial charge < -0.3 is 10.2 Å². The van der Waals surface area contributed by atoms with Gasteiger partial charge in [-0.05, 0) is 25.7 Å². The summed E-state index contributed by atoms with van der Waals surface area (Å²) in [6.45, 7) is 3.68. The van der Waals surface area contributed by atoms with Crippen molar-refractivity contribution in [1.82, 2.24) is 0 Å². The maximum atomic E-state index is 10.9. The summed E-state index contributed by atoms with van der Waals surface area (Å²) in [5.74, 6) is -2.29. The molecule has 0 aliphatic rings. The highest BCUT2D eigenvalue weighted by Gasteiger charge is 2.17. The van der Waals surface area contributed by atoms with Gasteiger partial charge >= 0.3 is 11.9 Å². The third kappa shape index (κ3) is 11.5. The average Bonchev–Trinajstić information content (AvgIpc) is 2.35. The van der Waals surface area contributed by atoms with Crippen LogP contribution in [0.25, 0.3) is 0 Å². The summed E-state index contributed by atoms with van der Waals surface area (Å²) < 4.78 is 0. The number of carbonyl (C=O) groups is 2. The molecule has 1 atom stereocenters. The second-order valence-electron chi connectivity index (χ2n) is 4.95. The molecular formula is C15H26O4. The molecule has 110 valence electrons. The van der Waals surface area contributed by atoms with Crippen molar-refractivity contribution in [3.63, 3.8) is 0 Å². The monoisotopic (exact) mass is 270 g/mol. The Morgan fingerprint density at radius 3 is 2.05 bits per heavy atom. The first kappa shape index (κ1) is 17.7. The summed E-state index contributed by atoms with van der Waals surface area (Å²) in [7, 11) is 0. The predicted octanol–water partition coefficient (Wildman–Crippen LogP) is 3.86. The van der Waals surface area contributed by atoms with E-state index in [2.05, 4.69) is 6.58 Å². The van der Waals surface area contributed by atoms with Crippen LogP contribution in [-0.4, -0.2) is 22.2 Å². The highest BCUT2D eigenvalue weighted by Crippen LogP contribution is 2.17. The molecule has 0 saturated carbocycles. The van der Waals surface area contributed by atoms with E-state index in [-0.39, 0.29) is 12.8 Å². The van der Waals surface area contributed by atoms with Crippen LogP contribution in [0.3, 0.4) is 0 Å². The summed E-state index contributed by atoms with van der Waals surface area (Å²) >= 11 is 0. The van der Waals surface area contributed by atoms with Crippen LogP contribution in [0.2, 0.25) is 0 Å². The molecule has 0 aromatic carbocycles. The zero-order valence-corrected chi connectivity index (χ0v) is 11.6. The number of carboxylic acids is 2. The number of carboxylic acid groups (broad SMARTS) is 2. The predicted molar refractivity (Wildman–Crippen MR) is 75.1 cm³/mol. The van der Waals surface area contributed by atoms with E-state index in [1.807, 2.05) is 6.08 Å². The molecule has 0 fully saturated rings. The molecule has 2 N–H and O–H groups in total. The molecule has 0 aliphatic carbocycles. The lowest BCUT2D eigenvalue weighted by Gasteiger charge is -2.10. The van der Waals surface area contributed by atoms with Crippen molar-refractivity contribution in [1.29, 1.82) is 0 Å². The zero-order chi connectivity index (χ0) is 14.5. The summed E-state index contributed by atoms with van der Waals surface area (Å²) in [5.41, 5.74) is 0. The highest BCUT2D eigenvalue weighted by atomic mass is 16.4. The molecule has 0 aromatic heterocycles. The number of rotatable bonds is 13. The molecule has 19 heavy (non-hydrogen) atoms. The first-order valence-electron chi connectivity index (χ1n) is 7.13. The molecule has 0 radical (unpaired) electrons. The molecular weight excluding hydrogens is 244 g/mol. The van der Waals surface area contributed by atoms with Gasteiger partial charge in [0.15, 0.2) is 0 Å². The Labute approximate surface area is 115 Å². The van der Waals surface area contributed by atoms with Crippen LogP contribution in [0.1, 0.15) is 64.2 Å². The van der Waals surface area contributed by atoms with Crippen LogP contribution in [0.4, 0.5) is 0 Å². The van der Waals surface area contributed by atoms with E-state index < -0.39 is 17.9 Å². The molecule has 0 saturated heterocycles. The van der Waals surface area contributed by atoms with Gasteiger partial charge in [0.1, 0.15) is 0 Å². The van der Waals surface area contributed by atoms with Crippen molar-refractivity contribution in [3.05, 3.63) is 12.7 Å². The van der Waals surface area contributed by atoms with E-state index in [9.17, 15) is 9.59 Å². The molecule has 0 aliphatic heterocycles. The number of hydrogen-bond acceptors (Lipinski definition) is 2. The fraction of sp³-hybridized carbons (Fsp3) is 0.733. The van der Waals surface area contributed by atoms with E-state index in [0.717, 1.165) is 25.7 Å². The van der Waals surface area contributed by atoms with Gasteiger partial charge in [-0.2, -0.15) is 0 Å². The third-order valence-electron chi connectivity index (χ3n) is 3.27. The fourth-order valence-corrected chi connectivity index (χ4v) is 2.08. The third-order valence-corrected chi connectivity index (χ3v) is 3.27. The maximum Gasteiger partial charge on any atom is 0.306 e. The zero-order valence-electron chi connectivity index (χ0n) is 11.6. The quantitative estimate of drug-likeness (QED) is 0.393. The number of hydrogen-bond donors (Lipinski definition) is 2. The van der Waals surface area contributed by atoms with E-state index in [1.54, 1.807) is 0 Å². The van der Waals surface area contributed by atoms with Crippen LogP contribution < -0.4 is 0 Å². The molecule has 4 nitrogen and oxygen atoms in total. The van der Waals surface area contributed by atoms with Crippen LogP contribution in [0.15, 0.2) is 12.7 Å². The van der Waals surface area contributed by atoms with Crippen molar-refractivity contribution in [2.75, 3.05) is 0 Å². The smallest absolute Gasteiger partial charge is 0.306 e. The van der Waals surface area contributed by atoms with Gasteiger partial charge in [0.2, 0.25) is 0 Å². The Bertz CT molecular complexity index is 273. The summed E-state index contributed by atoms with van der Waals surface area (Å²) in [4.78, 5) is 21.4. The van der Waals surface area contributed by atoms with Gasteiger partial charge in [0, 0.05) is 6.42 Å². The van der Waals surface area contributed by atoms with Crippen molar-refractivity contribution >= 4 is 11.9 Å². The minimum absolute atomic E-state index is 0.0570. The molecule has 0 amide bonds. The van der Waals surface area contributed by atoms with Gasteiger partial charge in [0.25, 0.3) is 0 Å². The minimum Gasteiger partial charge on any atom is -0.481 e. The second-order valence-corrected chi connectivity index (χ2v) is 4.95. The topological polar surface area (TPSA) is 74.6 Å². The van der Waals surface area contributed by atoms with E-state index in [0.29, 0.717) is 6.42 Å². The largest absolute Gasteiger partial charge is 0.481 e. The van der Waals surface area contributed by atoms with Crippen molar-refractivity contribution < 1.29 is 19.8 Å². The highest BCUT2D eigenvalue weighted by molar-refractivity contribution is 5.72. The van der Waals surface area contributed by atoms with Crippen LogP contribution in [0, 0.1) is 5.92 Å². The normalized spacial score (nSPS) is 12.0. The standard InChI is InChI=1S/C15H26O4/c1-2-3-4-5-6-7-8-9-10-13(15(18)19)11-12-14(16)17/h2,13H,1,3-12H2,(H,16,17)(H,18,19). The number of aliphatic carboxylic acids is 2. The van der Waals surface area contributed by atoms with Gasteiger partial charge in [0.05, 0.1) is 5.92 Å². The minimum atomic E-state index is -0.923. The van der Waals surface area contributed by atoms with Gasteiger partial charge in [-0.15, -0.1) is 6.58 Å². The summed E-state index contributed by atoms with van der Waals surface area (Å²) in [6.07, 6.45) is 10.4. The maximum absolute atomic E-state index is 10.9. The Morgan fingerprint density at radius 1 is 0.947 bits per heavy atom. The number of allylic oxidation sites excluding steroid dienone is 1. The van der Waals surface area contributed by atoms with Gasteiger partial charge in [-0.1, -0.05) is 38.2 Å². The second kappa shape index (κ2) is 11.8. The van der Waals surface area contributed by atoms with Crippen LogP contribution in [-0.2, 0) is 9.59 Å². The van der Waals surface area contributed by atoms with Gasteiger partial charge in [-0.25, -0.2) is 0 Å². The Morgan fingerprint density at radius 2 is 1.53 bits per heavy atom. The van der Waals surface area contributed by atoms with E-state index in [1.165, 1.54) is 19.3 Å². The van der Waals surface area contributed by atoms with Gasteiger partial charge in [-0.3, -0.25) is 9.59 Å². The van der Waals surface area contributed by atoms with Crippen molar-refractivity contribution in [2.24, 2.45) is 5.92 Å². The van der Waals surface area contributed by atoms with Crippen molar-refractivity contribution in [2.45, 2.75) is 64.2 Å². The van der Waals surface area contributed by atoms with Crippen LogP contribution >= 0.6 is 0 Å². The summed E-state index contributed by atoms with van der Waals surface area (Å²) in [5, 5.41) is 17.5. The average molecular weight is 270 g/mol. The summed E-state index contributed by atoms with van der Waals surface area (Å²) in [6, 6.07) is 0. The molecule has 4 heteroatoms. The molecule has 0 heterocycles. The first-order chi connectivity index (χ1) is 9.07. The lowest BCUT2D eigenvalue weighted by Crippen LogP contribution is -2.15. The molecule has 1 unspecified atom stereocenters. The molecule has 0 rings (SSSR count). The first-order valence-corrected chi connectivity index (χ1v) is 7.13. The lowest BCUT2D eigenvalue weighted by atomic mass is 9.96. The molecule has 0 aromatic rings. The SMILES string of the molecule is C=CCCCCCCCCC(CCC(=O)O)C(=O)O. The van der Waals surface area contributed by atoms with E-state index >= 15 is 0 Å². The lowest BCUT2D eigenvalue weighted by molar-refractivity contribution is -0.143.